The topological polar surface area (TPSA) is 43.7 Å². The third-order valence-electron chi connectivity index (χ3n) is 8.97. The average Bonchev–Trinajstić information content (AvgIpc) is 2.88. The molecule has 2 saturated carbocycles. The van der Waals surface area contributed by atoms with Crippen molar-refractivity contribution in [1.29, 1.82) is 0 Å². The minimum absolute atomic E-state index is 0. The van der Waals surface area contributed by atoms with Crippen molar-refractivity contribution in [2.45, 2.75) is 101 Å². The van der Waals surface area contributed by atoms with Crippen molar-refractivity contribution >= 4 is 24.0 Å². The molecule has 0 aliphatic heterocycles. The Morgan fingerprint density at radius 2 is 1.00 bits per heavy atom. The maximum absolute atomic E-state index is 11.2. The summed E-state index contributed by atoms with van der Waals surface area (Å²) in [6, 6.07) is 17.5. The molecular weight excluding hydrogens is 607 g/mol. The molecular formula is C35H58IN2O2+. The van der Waals surface area contributed by atoms with Gasteiger partial charge in [-0.25, -0.2) is 0 Å². The van der Waals surface area contributed by atoms with E-state index in [1.807, 2.05) is 0 Å². The van der Waals surface area contributed by atoms with Crippen LogP contribution >= 0.6 is 24.0 Å². The lowest BCUT2D eigenvalue weighted by molar-refractivity contribution is -0.872. The minimum atomic E-state index is -0.516. The molecule has 2 fully saturated rings. The second-order valence-corrected chi connectivity index (χ2v) is 14.0. The van der Waals surface area contributed by atoms with Crippen LogP contribution in [-0.2, 0) is 0 Å². The third kappa shape index (κ3) is 10.4. The van der Waals surface area contributed by atoms with Crippen LogP contribution in [0.4, 0.5) is 0 Å². The van der Waals surface area contributed by atoms with Gasteiger partial charge in [-0.3, -0.25) is 0 Å². The van der Waals surface area contributed by atoms with E-state index >= 15 is 0 Å². The summed E-state index contributed by atoms with van der Waals surface area (Å²) in [5.74, 6) is 0.465. The number of hydrogen-bond donors (Lipinski definition) is 2. The van der Waals surface area contributed by atoms with Crippen LogP contribution in [0.3, 0.4) is 0 Å². The van der Waals surface area contributed by atoms with E-state index in [1.54, 1.807) is 0 Å². The number of benzene rings is 2. The lowest BCUT2D eigenvalue weighted by Gasteiger charge is -2.42. The lowest BCUT2D eigenvalue weighted by atomic mass is 9.72. The fourth-order valence-corrected chi connectivity index (χ4v) is 6.71. The predicted octanol–water partition coefficient (Wildman–Crippen LogP) is 7.43. The van der Waals surface area contributed by atoms with E-state index in [1.165, 1.54) is 35.1 Å². The molecule has 40 heavy (non-hydrogen) atoms. The molecule has 5 heteroatoms. The maximum atomic E-state index is 11.2. The van der Waals surface area contributed by atoms with Gasteiger partial charge in [-0.15, -0.1) is 24.0 Å². The molecule has 0 radical (unpaired) electrons. The van der Waals surface area contributed by atoms with Crippen molar-refractivity contribution in [3.8, 4) is 0 Å². The fourth-order valence-electron chi connectivity index (χ4n) is 6.71. The Labute approximate surface area is 262 Å². The second-order valence-electron chi connectivity index (χ2n) is 14.0. The molecule has 0 heterocycles. The molecule has 4 nitrogen and oxygen atoms in total. The van der Waals surface area contributed by atoms with Crippen molar-refractivity contribution in [3.05, 3.63) is 70.8 Å². The lowest BCUT2D eigenvalue weighted by Crippen LogP contribution is -2.48. The smallest absolute Gasteiger partial charge is 0.0878 e. The Hall–Kier alpha value is -0.990. The molecule has 0 amide bonds. The first-order valence-corrected chi connectivity index (χ1v) is 15.3. The Bertz CT molecular complexity index is 986. The van der Waals surface area contributed by atoms with E-state index in [4.69, 9.17) is 0 Å². The van der Waals surface area contributed by atoms with Crippen molar-refractivity contribution in [2.75, 3.05) is 48.3 Å². The van der Waals surface area contributed by atoms with Crippen LogP contribution in [-0.4, -0.2) is 79.1 Å². The summed E-state index contributed by atoms with van der Waals surface area (Å²) in [6.45, 7) is 6.13. The zero-order valence-electron chi connectivity index (χ0n) is 26.5. The van der Waals surface area contributed by atoms with Crippen LogP contribution in [0.25, 0.3) is 0 Å². The van der Waals surface area contributed by atoms with E-state index in [2.05, 4.69) is 103 Å². The Kier molecular flexibility index (Phi) is 13.6. The first-order chi connectivity index (χ1) is 18.3. The van der Waals surface area contributed by atoms with Crippen molar-refractivity contribution in [1.82, 2.24) is 4.90 Å². The zero-order valence-corrected chi connectivity index (χ0v) is 28.8. The quantitative estimate of drug-likeness (QED) is 0.228. The van der Waals surface area contributed by atoms with Crippen LogP contribution in [0.2, 0.25) is 0 Å². The molecule has 0 aromatic heterocycles. The number of quaternary nitrogens is 1. The number of aliphatic hydroxyl groups is 2. The summed E-state index contributed by atoms with van der Waals surface area (Å²) in [5.41, 5.74) is 4.12. The fraction of sp³-hybridized carbons (Fsp3) is 0.657. The number of rotatable bonds is 8. The van der Waals surface area contributed by atoms with E-state index < -0.39 is 11.2 Å². The molecule has 2 aromatic rings. The van der Waals surface area contributed by atoms with E-state index in [0.717, 1.165) is 68.9 Å². The highest BCUT2D eigenvalue weighted by Gasteiger charge is 2.41. The standard InChI is InChI=1S/C18H30NO.C17H27NO.HI/c1-15-8-10-16(11-9-15)17(14-19(2,3)4)18(20)12-6-5-7-13-18;1-14-7-9-15(10-8-14)16(13-18(2)3)17(19)11-5-4-6-12-17;/h8-11,17,20H,5-7,12-14H2,1-4H3;7-10,16,19H,4-6,11-13H2,1-3H3;1H/q+1;;. The van der Waals surface area contributed by atoms with Crippen molar-refractivity contribution in [2.24, 2.45) is 0 Å². The van der Waals surface area contributed by atoms with Crippen LogP contribution in [0.1, 0.15) is 98.3 Å². The van der Waals surface area contributed by atoms with Crippen molar-refractivity contribution in [3.63, 3.8) is 0 Å². The molecule has 4 rings (SSSR count). The summed E-state index contributed by atoms with van der Waals surface area (Å²) >= 11 is 0. The summed E-state index contributed by atoms with van der Waals surface area (Å²) < 4.78 is 0.890. The molecule has 226 valence electrons. The van der Waals surface area contributed by atoms with Crippen LogP contribution in [0, 0.1) is 13.8 Å². The second kappa shape index (κ2) is 15.5. The highest BCUT2D eigenvalue weighted by molar-refractivity contribution is 14.0. The monoisotopic (exact) mass is 665 g/mol. The Balaban J connectivity index is 0.000000274. The van der Waals surface area contributed by atoms with Gasteiger partial charge in [0, 0.05) is 12.5 Å². The number of hydrogen-bond acceptors (Lipinski definition) is 3. The number of likely N-dealkylation sites (N-methyl/N-ethyl adjacent to an activating group) is 2. The van der Waals surface area contributed by atoms with Gasteiger partial charge in [0.25, 0.3) is 0 Å². The van der Waals surface area contributed by atoms with Gasteiger partial charge in [0.2, 0.25) is 0 Å². The third-order valence-corrected chi connectivity index (χ3v) is 8.97. The number of aryl methyl sites for hydroxylation is 2. The molecule has 2 unspecified atom stereocenters. The normalized spacial score (nSPS) is 20.1. The Morgan fingerprint density at radius 3 is 1.35 bits per heavy atom. The molecule has 2 N–H and O–H groups in total. The SMILES string of the molecule is Cc1ccc(C(CN(C)C)C2(O)CCCCC2)cc1.Cc1ccc(C(C[N+](C)(C)C)C2(O)CCCCC2)cc1.I. The summed E-state index contributed by atoms with van der Waals surface area (Å²) in [5, 5.41) is 22.3. The van der Waals surface area contributed by atoms with Gasteiger partial charge < -0.3 is 19.6 Å². The molecule has 0 bridgehead atoms. The summed E-state index contributed by atoms with van der Waals surface area (Å²) in [6.07, 6.45) is 11.0. The largest absolute Gasteiger partial charge is 0.389 e. The predicted molar refractivity (Wildman–Crippen MR) is 181 cm³/mol. The highest BCUT2D eigenvalue weighted by atomic mass is 127. The van der Waals surface area contributed by atoms with Crippen LogP contribution in [0.5, 0.6) is 0 Å². The first-order valence-electron chi connectivity index (χ1n) is 15.3. The van der Waals surface area contributed by atoms with Gasteiger partial charge in [0.05, 0.1) is 44.8 Å². The van der Waals surface area contributed by atoms with Gasteiger partial charge >= 0.3 is 0 Å². The molecule has 2 aliphatic rings. The highest BCUT2D eigenvalue weighted by Crippen LogP contribution is 2.41. The van der Waals surface area contributed by atoms with Gasteiger partial charge in [-0.2, -0.15) is 0 Å². The number of nitrogens with zero attached hydrogens (tertiary/aromatic N) is 2. The molecule has 2 aromatic carbocycles. The average molecular weight is 666 g/mol. The molecule has 0 saturated heterocycles. The van der Waals surface area contributed by atoms with Crippen LogP contribution < -0.4 is 0 Å². The summed E-state index contributed by atoms with van der Waals surface area (Å²) in [7, 11) is 10.8. The van der Waals surface area contributed by atoms with E-state index in [-0.39, 0.29) is 35.8 Å². The van der Waals surface area contributed by atoms with Gasteiger partial charge in [0.15, 0.2) is 0 Å². The van der Waals surface area contributed by atoms with E-state index in [9.17, 15) is 10.2 Å². The van der Waals surface area contributed by atoms with Gasteiger partial charge in [0.1, 0.15) is 0 Å². The number of halogens is 1. The molecule has 2 atom stereocenters. The van der Waals surface area contributed by atoms with Gasteiger partial charge in [-0.1, -0.05) is 98.2 Å². The van der Waals surface area contributed by atoms with Crippen LogP contribution in [0.15, 0.2) is 48.5 Å². The molecule has 2 aliphatic carbocycles. The Morgan fingerprint density at radius 1 is 0.650 bits per heavy atom. The maximum Gasteiger partial charge on any atom is 0.0878 e. The molecule has 0 spiro atoms. The zero-order chi connectivity index (χ0) is 28.7. The summed E-state index contributed by atoms with van der Waals surface area (Å²) in [4.78, 5) is 2.19. The van der Waals surface area contributed by atoms with E-state index in [0.29, 0.717) is 0 Å². The minimum Gasteiger partial charge on any atom is -0.389 e. The first kappa shape index (κ1) is 35.2. The van der Waals surface area contributed by atoms with Crippen molar-refractivity contribution < 1.29 is 14.7 Å². The van der Waals surface area contributed by atoms with Gasteiger partial charge in [-0.05, 0) is 64.8 Å².